The zero-order valence-corrected chi connectivity index (χ0v) is 25.5. The highest BCUT2D eigenvalue weighted by Crippen LogP contribution is 2.42. The first-order chi connectivity index (χ1) is 21.6. The number of phenols is 2. The van der Waals surface area contributed by atoms with Gasteiger partial charge in [0.15, 0.2) is 23.1 Å². The Bertz CT molecular complexity index is 1880. The quantitative estimate of drug-likeness (QED) is 0.0856. The summed E-state index contributed by atoms with van der Waals surface area (Å²) in [6, 6.07) is 15.6. The van der Waals surface area contributed by atoms with Crippen molar-refractivity contribution >= 4 is 50.4 Å². The summed E-state index contributed by atoms with van der Waals surface area (Å²) in [4.78, 5) is 50.2. The zero-order valence-electron chi connectivity index (χ0n) is 23.9. The molecule has 0 fully saturated rings. The van der Waals surface area contributed by atoms with Gasteiger partial charge in [0.25, 0.3) is 0 Å². The molecule has 0 saturated heterocycles. The number of halogens is 1. The Morgan fingerprint density at radius 3 is 1.51 bits per heavy atom. The molecular weight excluding hydrogens is 644 g/mol. The molecule has 11 heteroatoms. The molecule has 10 nitrogen and oxygen atoms in total. The summed E-state index contributed by atoms with van der Waals surface area (Å²) in [6.07, 6.45) is 3.29. The third kappa shape index (κ3) is 5.67. The first kappa shape index (κ1) is 31.4. The minimum atomic E-state index is -0.421. The van der Waals surface area contributed by atoms with E-state index < -0.39 is 11.6 Å². The normalized spacial score (nSPS) is 12.8. The second-order valence-electron chi connectivity index (χ2n) is 10.5. The number of fused-ring (bicyclic) bond motifs is 4. The summed E-state index contributed by atoms with van der Waals surface area (Å²) in [6.45, 7) is 0.538. The Kier molecular flexibility index (Phi) is 9.03. The topological polar surface area (TPSA) is 190 Å². The maximum absolute atomic E-state index is 12.8. The first-order valence-corrected chi connectivity index (χ1v) is 14.9. The van der Waals surface area contributed by atoms with Crippen LogP contribution in [0.4, 0.5) is 11.4 Å². The fourth-order valence-electron chi connectivity index (χ4n) is 5.41. The number of phenolic OH excluding ortho intramolecular Hbond substituents is 2. The largest absolute Gasteiger partial charge is 0.507 e. The van der Waals surface area contributed by atoms with E-state index in [1.807, 2.05) is 0 Å². The molecule has 0 bridgehead atoms. The third-order valence-corrected chi connectivity index (χ3v) is 8.31. The fourth-order valence-corrected chi connectivity index (χ4v) is 5.82. The number of aromatic hydroxyl groups is 2. The van der Waals surface area contributed by atoms with Crippen LogP contribution in [0.15, 0.2) is 65.1 Å². The molecule has 4 aromatic rings. The maximum Gasteiger partial charge on any atom is 0.198 e. The van der Waals surface area contributed by atoms with Crippen LogP contribution in [-0.2, 0) is 0 Å². The van der Waals surface area contributed by atoms with Gasteiger partial charge in [-0.1, -0.05) is 55.0 Å². The van der Waals surface area contributed by atoms with Gasteiger partial charge in [-0.15, -0.1) is 0 Å². The van der Waals surface area contributed by atoms with Gasteiger partial charge in [-0.2, -0.15) is 0 Å². The minimum absolute atomic E-state index is 0.00369. The average Bonchev–Trinajstić information content (AvgIpc) is 3.03. The van der Waals surface area contributed by atoms with E-state index >= 15 is 0 Å². The van der Waals surface area contributed by atoms with E-state index in [-0.39, 0.29) is 85.7 Å². The van der Waals surface area contributed by atoms with E-state index in [1.54, 1.807) is 48.5 Å². The van der Waals surface area contributed by atoms with Gasteiger partial charge in [0.1, 0.15) is 17.2 Å². The van der Waals surface area contributed by atoms with Gasteiger partial charge in [-0.3, -0.25) is 19.2 Å². The molecule has 7 N–H and O–H groups in total. The number of ether oxygens (including phenoxy) is 1. The standard InChI is InChI=1S/C20H21NO5.C14H8BrNO3/c21-18-15(26-10-6-2-1-5-9-22)11-14(23)16-17(18)20(25)13-8-4-3-7-12(13)19(16)24;15-8-5-9(17)10-11(12(8)16)14(19)7-4-2-1-3-6(7)13(10)18/h3-4,7-8,11,22-23H,1-2,5-6,9-10,21H2;1-5,17H,16H2. The van der Waals surface area contributed by atoms with Gasteiger partial charge < -0.3 is 31.5 Å². The predicted molar refractivity (Wildman–Crippen MR) is 170 cm³/mol. The van der Waals surface area contributed by atoms with Crippen molar-refractivity contribution in [3.05, 3.63) is 110 Å². The Morgan fingerprint density at radius 2 is 1.02 bits per heavy atom. The highest BCUT2D eigenvalue weighted by atomic mass is 79.9. The molecule has 6 rings (SSSR count). The van der Waals surface area contributed by atoms with Crippen LogP contribution in [0.3, 0.4) is 0 Å². The molecule has 0 heterocycles. The smallest absolute Gasteiger partial charge is 0.198 e. The van der Waals surface area contributed by atoms with Crippen LogP contribution >= 0.6 is 15.9 Å². The number of benzene rings is 4. The van der Waals surface area contributed by atoms with Gasteiger partial charge >= 0.3 is 0 Å². The first-order valence-electron chi connectivity index (χ1n) is 14.1. The van der Waals surface area contributed by atoms with Crippen molar-refractivity contribution < 1.29 is 39.2 Å². The Hall–Kier alpha value is -5.00. The van der Waals surface area contributed by atoms with E-state index in [9.17, 15) is 29.4 Å². The molecule has 0 atom stereocenters. The molecule has 0 unspecified atom stereocenters. The molecule has 2 aliphatic carbocycles. The average molecular weight is 674 g/mol. The van der Waals surface area contributed by atoms with Crippen molar-refractivity contribution in [1.82, 2.24) is 0 Å². The van der Waals surface area contributed by atoms with Crippen molar-refractivity contribution in [3.8, 4) is 17.2 Å². The summed E-state index contributed by atoms with van der Waals surface area (Å²) in [5.74, 6) is -1.90. The number of nitrogen functional groups attached to an aromatic ring is 2. The lowest BCUT2D eigenvalue weighted by Gasteiger charge is -2.21. The van der Waals surface area contributed by atoms with Crippen molar-refractivity contribution in [2.24, 2.45) is 0 Å². The number of anilines is 2. The van der Waals surface area contributed by atoms with Crippen LogP contribution in [-0.4, -0.2) is 51.7 Å². The molecule has 0 spiro atoms. The van der Waals surface area contributed by atoms with E-state index in [0.29, 0.717) is 16.6 Å². The summed E-state index contributed by atoms with van der Waals surface area (Å²) in [5.41, 5.74) is 13.3. The summed E-state index contributed by atoms with van der Waals surface area (Å²) >= 11 is 3.16. The number of unbranched alkanes of at least 4 members (excludes halogenated alkanes) is 3. The molecule has 2 aliphatic rings. The lowest BCUT2D eigenvalue weighted by molar-refractivity contribution is 0.0977. The molecule has 45 heavy (non-hydrogen) atoms. The molecule has 4 aromatic carbocycles. The van der Waals surface area contributed by atoms with Crippen LogP contribution in [0.1, 0.15) is 89.4 Å². The lowest BCUT2D eigenvalue weighted by atomic mass is 9.82. The van der Waals surface area contributed by atoms with Crippen LogP contribution < -0.4 is 16.2 Å². The van der Waals surface area contributed by atoms with Gasteiger partial charge in [-0.25, -0.2) is 0 Å². The molecule has 0 saturated carbocycles. The minimum Gasteiger partial charge on any atom is -0.507 e. The number of hydrogen-bond acceptors (Lipinski definition) is 10. The number of rotatable bonds is 7. The SMILES string of the molecule is Nc1c(Br)cc(O)c2c1C(=O)c1ccccc1C2=O.Nc1c(OCCCCCCO)cc(O)c2c1C(=O)c1ccccc1C2=O. The molecule has 0 radical (unpaired) electrons. The number of aliphatic hydroxyl groups is 1. The van der Waals surface area contributed by atoms with Crippen LogP contribution in [0, 0.1) is 0 Å². The predicted octanol–water partition coefficient (Wildman–Crippen LogP) is 5.19. The van der Waals surface area contributed by atoms with Crippen molar-refractivity contribution in [2.75, 3.05) is 24.7 Å². The Morgan fingerprint density at radius 1 is 0.600 bits per heavy atom. The number of carbonyl (C=O) groups is 4. The number of nitrogens with two attached hydrogens (primary N) is 2. The number of hydrogen-bond donors (Lipinski definition) is 5. The fraction of sp³-hybridized carbons (Fsp3) is 0.176. The highest BCUT2D eigenvalue weighted by molar-refractivity contribution is 9.10. The molecule has 0 aliphatic heterocycles. The van der Waals surface area contributed by atoms with Gasteiger partial charge in [0.05, 0.1) is 40.2 Å². The zero-order chi connectivity index (χ0) is 32.4. The van der Waals surface area contributed by atoms with Crippen LogP contribution in [0.2, 0.25) is 0 Å². The van der Waals surface area contributed by atoms with Crippen LogP contribution in [0.5, 0.6) is 17.2 Å². The second-order valence-corrected chi connectivity index (χ2v) is 11.3. The van der Waals surface area contributed by atoms with E-state index in [4.69, 9.17) is 21.3 Å². The molecular formula is C34H29BrN2O8. The highest BCUT2D eigenvalue weighted by Gasteiger charge is 2.36. The van der Waals surface area contributed by atoms with Gasteiger partial charge in [0, 0.05) is 39.4 Å². The van der Waals surface area contributed by atoms with Crippen molar-refractivity contribution in [2.45, 2.75) is 25.7 Å². The number of ketones is 4. The summed E-state index contributed by atoms with van der Waals surface area (Å²) in [7, 11) is 0. The molecule has 0 aromatic heterocycles. The van der Waals surface area contributed by atoms with Crippen molar-refractivity contribution in [1.29, 1.82) is 0 Å². The molecule has 230 valence electrons. The Balaban J connectivity index is 0.000000186. The van der Waals surface area contributed by atoms with E-state index in [1.165, 1.54) is 12.1 Å². The molecule has 0 amide bonds. The monoisotopic (exact) mass is 672 g/mol. The second kappa shape index (κ2) is 12.9. The van der Waals surface area contributed by atoms with Gasteiger partial charge in [0.2, 0.25) is 0 Å². The van der Waals surface area contributed by atoms with E-state index in [0.717, 1.165) is 25.7 Å². The number of carbonyl (C=O) groups excluding carboxylic acids is 4. The third-order valence-electron chi connectivity index (χ3n) is 7.66. The Labute approximate surface area is 266 Å². The van der Waals surface area contributed by atoms with Crippen molar-refractivity contribution in [3.63, 3.8) is 0 Å². The van der Waals surface area contributed by atoms with Gasteiger partial charge in [-0.05, 0) is 41.3 Å². The number of aliphatic hydroxyl groups excluding tert-OH is 1. The van der Waals surface area contributed by atoms with Crippen LogP contribution in [0.25, 0.3) is 0 Å². The maximum atomic E-state index is 12.8. The van der Waals surface area contributed by atoms with E-state index in [2.05, 4.69) is 15.9 Å². The summed E-state index contributed by atoms with van der Waals surface area (Å²) in [5, 5.41) is 29.0. The lowest BCUT2D eigenvalue weighted by Crippen LogP contribution is -2.23. The summed E-state index contributed by atoms with van der Waals surface area (Å²) < 4.78 is 6.02.